The molecule has 2 heterocycles. The number of carbonyl (C=O) groups is 1. The van der Waals surface area contributed by atoms with Gasteiger partial charge < -0.3 is 14.2 Å². The summed E-state index contributed by atoms with van der Waals surface area (Å²) in [7, 11) is 1.55. The molecule has 0 unspecified atom stereocenters. The predicted octanol–water partition coefficient (Wildman–Crippen LogP) is 5.04. The van der Waals surface area contributed by atoms with E-state index >= 15 is 0 Å². The lowest BCUT2D eigenvalue weighted by Crippen LogP contribution is -2.40. The van der Waals surface area contributed by atoms with E-state index in [0.29, 0.717) is 48.7 Å². The number of carbonyl (C=O) groups excluding carboxylic acids is 1. The summed E-state index contributed by atoms with van der Waals surface area (Å²) in [6.07, 6.45) is 1.84. The number of thiazole rings is 1. The molecule has 4 rings (SSSR count). The number of methoxy groups -OCH3 is 1. The van der Waals surface area contributed by atoms with E-state index in [4.69, 9.17) is 14.2 Å². The lowest BCUT2D eigenvalue weighted by Gasteiger charge is -2.26. The Hall–Kier alpha value is -2.69. The van der Waals surface area contributed by atoms with Crippen LogP contribution in [-0.4, -0.2) is 30.9 Å². The van der Waals surface area contributed by atoms with Crippen LogP contribution in [0, 0.1) is 6.92 Å². The summed E-state index contributed by atoms with van der Waals surface area (Å²) >= 11 is 8.47. The van der Waals surface area contributed by atoms with Crippen molar-refractivity contribution in [2.75, 3.05) is 20.3 Å². The normalized spacial score (nSPS) is 15.3. The number of esters is 1. The number of allylic oxidation sites excluding steroid dienone is 1. The van der Waals surface area contributed by atoms with Crippen LogP contribution < -0.4 is 24.4 Å². The van der Waals surface area contributed by atoms with E-state index in [-0.39, 0.29) is 12.2 Å². The SMILES string of the molecule is CCOC(=O)C1=C(C)N=c2s/c(=C/c3ccc(C)c(Br)c3)c(=O)n2[C@H]1c1cc(OC)c(OCC)cc1Br. The van der Waals surface area contributed by atoms with Crippen LogP contribution in [-0.2, 0) is 9.53 Å². The molecule has 0 radical (unpaired) electrons. The quantitative estimate of drug-likeness (QED) is 0.335. The second-order valence-corrected chi connectivity index (χ2v) is 11.0. The standard InChI is InChI=1S/C27H26Br2N2O5S/c1-6-35-21-13-19(29)17(12-20(21)34-5)24-23(26(33)36-7-2)15(4)30-27-31(24)25(32)22(37-27)11-16-9-8-14(3)18(28)10-16/h8-13,24H,6-7H2,1-5H3/b22-11+/t24-/m0/s1. The first-order valence-corrected chi connectivity index (χ1v) is 14.1. The smallest absolute Gasteiger partial charge is 0.338 e. The molecule has 1 aromatic heterocycles. The predicted molar refractivity (Wildman–Crippen MR) is 151 cm³/mol. The van der Waals surface area contributed by atoms with Gasteiger partial charge in [0.1, 0.15) is 0 Å². The lowest BCUT2D eigenvalue weighted by atomic mass is 9.95. The lowest BCUT2D eigenvalue weighted by molar-refractivity contribution is -0.139. The van der Waals surface area contributed by atoms with Crippen molar-refractivity contribution in [3.05, 3.63) is 86.9 Å². The molecule has 0 bridgehead atoms. The van der Waals surface area contributed by atoms with E-state index in [9.17, 15) is 9.59 Å². The van der Waals surface area contributed by atoms with Crippen LogP contribution in [0.15, 0.2) is 60.3 Å². The molecule has 1 atom stereocenters. The molecule has 3 aromatic rings. The Labute approximate surface area is 235 Å². The van der Waals surface area contributed by atoms with Gasteiger partial charge in [-0.1, -0.05) is 55.3 Å². The van der Waals surface area contributed by atoms with Gasteiger partial charge in [-0.15, -0.1) is 0 Å². The number of nitrogens with zero attached hydrogens (tertiary/aromatic N) is 2. The van der Waals surface area contributed by atoms with Gasteiger partial charge in [-0.3, -0.25) is 9.36 Å². The van der Waals surface area contributed by atoms with Crippen LogP contribution in [0.4, 0.5) is 0 Å². The highest BCUT2D eigenvalue weighted by molar-refractivity contribution is 9.10. The Morgan fingerprint density at radius 2 is 1.86 bits per heavy atom. The number of benzene rings is 2. The van der Waals surface area contributed by atoms with Crippen LogP contribution in [0.1, 0.15) is 43.5 Å². The third kappa shape index (κ3) is 5.32. The van der Waals surface area contributed by atoms with Crippen molar-refractivity contribution in [2.24, 2.45) is 4.99 Å². The van der Waals surface area contributed by atoms with E-state index in [1.165, 1.54) is 11.3 Å². The summed E-state index contributed by atoms with van der Waals surface area (Å²) in [4.78, 5) is 32.2. The molecule has 37 heavy (non-hydrogen) atoms. The Bertz CT molecular complexity index is 1590. The monoisotopic (exact) mass is 648 g/mol. The van der Waals surface area contributed by atoms with Crippen molar-refractivity contribution in [1.82, 2.24) is 4.57 Å². The highest BCUT2D eigenvalue weighted by Crippen LogP contribution is 2.41. The molecule has 0 spiro atoms. The molecular formula is C27H26Br2N2O5S. The maximum Gasteiger partial charge on any atom is 0.338 e. The first kappa shape index (κ1) is 27.3. The van der Waals surface area contributed by atoms with Crippen molar-refractivity contribution >= 4 is 55.2 Å². The molecule has 0 saturated heterocycles. The summed E-state index contributed by atoms with van der Waals surface area (Å²) in [6.45, 7) is 8.05. The van der Waals surface area contributed by atoms with Crippen LogP contribution in [0.2, 0.25) is 0 Å². The number of hydrogen-bond donors (Lipinski definition) is 0. The summed E-state index contributed by atoms with van der Waals surface area (Å²) in [5, 5.41) is 0. The number of fused-ring (bicyclic) bond motifs is 1. The summed E-state index contributed by atoms with van der Waals surface area (Å²) in [5.74, 6) is 0.520. The van der Waals surface area contributed by atoms with Crippen molar-refractivity contribution in [2.45, 2.75) is 33.7 Å². The van der Waals surface area contributed by atoms with Crippen LogP contribution in [0.25, 0.3) is 6.08 Å². The van der Waals surface area contributed by atoms with Gasteiger partial charge in [0.05, 0.1) is 42.2 Å². The molecule has 0 fully saturated rings. The molecule has 0 saturated carbocycles. The first-order chi connectivity index (χ1) is 17.7. The van der Waals surface area contributed by atoms with Gasteiger partial charge >= 0.3 is 5.97 Å². The van der Waals surface area contributed by atoms with Crippen LogP contribution in [0.5, 0.6) is 11.5 Å². The average molecular weight is 650 g/mol. The van der Waals surface area contributed by atoms with Crippen LogP contribution in [0.3, 0.4) is 0 Å². The van der Waals surface area contributed by atoms with Crippen molar-refractivity contribution in [3.8, 4) is 11.5 Å². The summed E-state index contributed by atoms with van der Waals surface area (Å²) in [5.41, 5.74) is 3.18. The molecule has 0 N–H and O–H groups in total. The molecule has 7 nitrogen and oxygen atoms in total. The van der Waals surface area contributed by atoms with Gasteiger partial charge in [-0.05, 0) is 68.7 Å². The van der Waals surface area contributed by atoms with E-state index in [1.807, 2.05) is 38.1 Å². The van der Waals surface area contributed by atoms with Gasteiger partial charge in [0, 0.05) is 8.95 Å². The molecule has 0 amide bonds. The Morgan fingerprint density at radius 1 is 1.11 bits per heavy atom. The third-order valence-electron chi connectivity index (χ3n) is 5.89. The van der Waals surface area contributed by atoms with E-state index in [2.05, 4.69) is 36.9 Å². The molecular weight excluding hydrogens is 624 g/mol. The Morgan fingerprint density at radius 3 is 2.51 bits per heavy atom. The number of aryl methyl sites for hydroxylation is 1. The van der Waals surface area contributed by atoms with Crippen molar-refractivity contribution in [1.29, 1.82) is 0 Å². The van der Waals surface area contributed by atoms with Gasteiger partial charge in [-0.25, -0.2) is 9.79 Å². The highest BCUT2D eigenvalue weighted by atomic mass is 79.9. The average Bonchev–Trinajstić information content (AvgIpc) is 3.15. The number of ether oxygens (including phenoxy) is 3. The summed E-state index contributed by atoms with van der Waals surface area (Å²) in [6, 6.07) is 8.71. The van der Waals surface area contributed by atoms with Crippen molar-refractivity contribution in [3.63, 3.8) is 0 Å². The van der Waals surface area contributed by atoms with Crippen molar-refractivity contribution < 1.29 is 19.0 Å². The van der Waals surface area contributed by atoms with Gasteiger partial charge in [0.2, 0.25) is 0 Å². The zero-order chi connectivity index (χ0) is 26.9. The Kier molecular flexibility index (Phi) is 8.40. The highest BCUT2D eigenvalue weighted by Gasteiger charge is 2.35. The minimum absolute atomic E-state index is 0.197. The fourth-order valence-corrected chi connectivity index (χ4v) is 6.11. The molecule has 10 heteroatoms. The molecule has 0 aliphatic carbocycles. The van der Waals surface area contributed by atoms with Crippen LogP contribution >= 0.6 is 43.2 Å². The summed E-state index contributed by atoms with van der Waals surface area (Å²) < 4.78 is 20.4. The zero-order valence-electron chi connectivity index (χ0n) is 21.1. The maximum atomic E-state index is 13.8. The molecule has 2 aromatic carbocycles. The van der Waals surface area contributed by atoms with E-state index in [0.717, 1.165) is 15.6 Å². The maximum absolute atomic E-state index is 13.8. The molecule has 194 valence electrons. The minimum atomic E-state index is -0.777. The first-order valence-electron chi connectivity index (χ1n) is 11.7. The topological polar surface area (TPSA) is 79.1 Å². The number of hydrogen-bond acceptors (Lipinski definition) is 7. The number of rotatable bonds is 7. The van der Waals surface area contributed by atoms with Gasteiger partial charge in [-0.2, -0.15) is 0 Å². The molecule has 1 aliphatic rings. The number of halogens is 2. The van der Waals surface area contributed by atoms with Gasteiger partial charge in [0.25, 0.3) is 5.56 Å². The number of aromatic nitrogens is 1. The second-order valence-electron chi connectivity index (χ2n) is 8.27. The Balaban J connectivity index is 2.00. The molecule has 1 aliphatic heterocycles. The van der Waals surface area contributed by atoms with E-state index in [1.54, 1.807) is 37.7 Å². The minimum Gasteiger partial charge on any atom is -0.493 e. The zero-order valence-corrected chi connectivity index (χ0v) is 25.0. The second kappa shape index (κ2) is 11.4. The third-order valence-corrected chi connectivity index (χ3v) is 8.41. The van der Waals surface area contributed by atoms with E-state index < -0.39 is 12.0 Å². The fraction of sp³-hybridized carbons (Fsp3) is 0.296. The largest absolute Gasteiger partial charge is 0.493 e. The van der Waals surface area contributed by atoms with Gasteiger partial charge in [0.15, 0.2) is 16.3 Å². The fourth-order valence-electron chi connectivity index (χ4n) is 4.12.